The average molecular weight is 354 g/mol. The Kier molecular flexibility index (Phi) is 2.81. The molecule has 1 aromatic heterocycles. The van der Waals surface area contributed by atoms with Gasteiger partial charge >= 0.3 is 0 Å². The van der Waals surface area contributed by atoms with E-state index >= 15 is 0 Å². The quantitative estimate of drug-likeness (QED) is 0.769. The number of carbonyl (C=O) groups excluding carboxylic acids is 1. The van der Waals surface area contributed by atoms with Gasteiger partial charge in [0.2, 0.25) is 5.91 Å². The van der Waals surface area contributed by atoms with Crippen molar-refractivity contribution in [1.82, 2.24) is 14.8 Å². The van der Waals surface area contributed by atoms with Gasteiger partial charge in [0.1, 0.15) is 12.2 Å². The van der Waals surface area contributed by atoms with E-state index in [0.717, 1.165) is 20.6 Å². The van der Waals surface area contributed by atoms with Crippen LogP contribution in [-0.4, -0.2) is 20.7 Å². The minimum Gasteiger partial charge on any atom is -0.304 e. The molecule has 6 heteroatoms. The topological polar surface area (TPSA) is 51.0 Å². The van der Waals surface area contributed by atoms with Crippen LogP contribution in [0.15, 0.2) is 24.5 Å². The second kappa shape index (κ2) is 4.34. The third-order valence-electron chi connectivity index (χ3n) is 3.08. The highest BCUT2D eigenvalue weighted by atomic mass is 127. The minimum atomic E-state index is 0.120. The first kappa shape index (κ1) is 11.6. The number of anilines is 1. The highest BCUT2D eigenvalue weighted by Gasteiger charge is 2.28. The van der Waals surface area contributed by atoms with Gasteiger partial charge in [-0.1, -0.05) is 0 Å². The van der Waals surface area contributed by atoms with Crippen molar-refractivity contribution in [2.24, 2.45) is 7.05 Å². The first-order chi connectivity index (χ1) is 8.65. The van der Waals surface area contributed by atoms with E-state index < -0.39 is 0 Å². The van der Waals surface area contributed by atoms with E-state index in [1.165, 1.54) is 6.33 Å². The molecule has 2 heterocycles. The Bertz CT molecular complexity index is 622. The smallest absolute Gasteiger partial charge is 0.231 e. The molecule has 1 aliphatic rings. The lowest BCUT2D eigenvalue weighted by Gasteiger charge is -2.16. The van der Waals surface area contributed by atoms with E-state index in [9.17, 15) is 4.79 Å². The van der Waals surface area contributed by atoms with Gasteiger partial charge in [0, 0.05) is 16.3 Å². The molecule has 1 amide bonds. The zero-order valence-electron chi connectivity index (χ0n) is 9.80. The van der Waals surface area contributed by atoms with Crippen molar-refractivity contribution in [1.29, 1.82) is 0 Å². The number of halogens is 1. The van der Waals surface area contributed by atoms with Gasteiger partial charge in [0.15, 0.2) is 0 Å². The molecule has 0 fully saturated rings. The summed E-state index contributed by atoms with van der Waals surface area (Å²) in [7, 11) is 1.83. The fourth-order valence-corrected chi connectivity index (χ4v) is 2.69. The summed E-state index contributed by atoms with van der Waals surface area (Å²) in [4.78, 5) is 18.0. The van der Waals surface area contributed by atoms with Crippen molar-refractivity contribution in [3.05, 3.63) is 39.5 Å². The summed E-state index contributed by atoms with van der Waals surface area (Å²) in [6.45, 7) is 0.475. The SMILES string of the molecule is Cn1ncnc1CN1C(=O)Cc2cc(I)ccc21. The van der Waals surface area contributed by atoms with Crippen LogP contribution in [0.2, 0.25) is 0 Å². The Labute approximate surface area is 118 Å². The van der Waals surface area contributed by atoms with E-state index in [1.54, 1.807) is 9.58 Å². The summed E-state index contributed by atoms with van der Waals surface area (Å²) in [5, 5.41) is 4.02. The third kappa shape index (κ3) is 1.90. The monoisotopic (exact) mass is 354 g/mol. The second-order valence-corrected chi connectivity index (χ2v) is 5.48. The molecule has 0 bridgehead atoms. The number of aryl methyl sites for hydroxylation is 1. The van der Waals surface area contributed by atoms with Crippen molar-refractivity contribution >= 4 is 34.2 Å². The van der Waals surface area contributed by atoms with Crippen molar-refractivity contribution in [3.63, 3.8) is 0 Å². The zero-order chi connectivity index (χ0) is 12.7. The van der Waals surface area contributed by atoms with Gasteiger partial charge in [-0.25, -0.2) is 4.98 Å². The van der Waals surface area contributed by atoms with Crippen molar-refractivity contribution < 1.29 is 4.79 Å². The molecule has 0 aliphatic carbocycles. The Morgan fingerprint density at radius 1 is 1.44 bits per heavy atom. The van der Waals surface area contributed by atoms with Crippen LogP contribution in [0, 0.1) is 3.57 Å². The molecule has 0 saturated carbocycles. The Morgan fingerprint density at radius 2 is 2.28 bits per heavy atom. The van der Waals surface area contributed by atoms with Crippen LogP contribution in [0.25, 0.3) is 0 Å². The van der Waals surface area contributed by atoms with Gasteiger partial charge in [0.25, 0.3) is 0 Å². The Balaban J connectivity index is 1.95. The highest BCUT2D eigenvalue weighted by molar-refractivity contribution is 14.1. The van der Waals surface area contributed by atoms with E-state index in [2.05, 4.69) is 38.7 Å². The maximum atomic E-state index is 12.0. The molecular formula is C12H11IN4O. The van der Waals surface area contributed by atoms with Crippen LogP contribution >= 0.6 is 22.6 Å². The molecule has 2 aromatic rings. The number of fused-ring (bicyclic) bond motifs is 1. The molecule has 1 aromatic carbocycles. The minimum absolute atomic E-state index is 0.120. The summed E-state index contributed by atoms with van der Waals surface area (Å²) in [6, 6.07) is 6.07. The molecule has 0 spiro atoms. The molecule has 1 aliphatic heterocycles. The van der Waals surface area contributed by atoms with Crippen LogP contribution in [0.3, 0.4) is 0 Å². The molecule has 0 saturated heterocycles. The summed E-state index contributed by atoms with van der Waals surface area (Å²) in [5.74, 6) is 0.907. The summed E-state index contributed by atoms with van der Waals surface area (Å²) < 4.78 is 2.84. The summed E-state index contributed by atoms with van der Waals surface area (Å²) >= 11 is 2.26. The number of nitrogens with zero attached hydrogens (tertiary/aromatic N) is 4. The maximum absolute atomic E-state index is 12.0. The normalized spacial score (nSPS) is 14.1. The lowest BCUT2D eigenvalue weighted by molar-refractivity contribution is -0.117. The van der Waals surface area contributed by atoms with Crippen LogP contribution in [0.1, 0.15) is 11.4 Å². The fourth-order valence-electron chi connectivity index (χ4n) is 2.13. The number of amides is 1. The van der Waals surface area contributed by atoms with Gasteiger partial charge in [-0.15, -0.1) is 0 Å². The fraction of sp³-hybridized carbons (Fsp3) is 0.250. The van der Waals surface area contributed by atoms with Gasteiger partial charge in [0.05, 0.1) is 13.0 Å². The molecule has 0 N–H and O–H groups in total. The van der Waals surface area contributed by atoms with Crippen LogP contribution in [-0.2, 0) is 24.8 Å². The van der Waals surface area contributed by atoms with E-state index in [1.807, 2.05) is 19.2 Å². The van der Waals surface area contributed by atoms with Gasteiger partial charge in [-0.2, -0.15) is 5.10 Å². The predicted molar refractivity (Wildman–Crippen MR) is 75.1 cm³/mol. The third-order valence-corrected chi connectivity index (χ3v) is 3.75. The Morgan fingerprint density at radius 3 is 3.00 bits per heavy atom. The predicted octanol–water partition coefficient (Wildman–Crippen LogP) is 1.51. The van der Waals surface area contributed by atoms with Crippen LogP contribution < -0.4 is 4.90 Å². The first-order valence-corrected chi connectivity index (χ1v) is 6.64. The molecule has 0 atom stereocenters. The number of benzene rings is 1. The van der Waals surface area contributed by atoms with E-state index in [0.29, 0.717) is 13.0 Å². The second-order valence-electron chi connectivity index (χ2n) is 4.23. The van der Waals surface area contributed by atoms with E-state index in [4.69, 9.17) is 0 Å². The first-order valence-electron chi connectivity index (χ1n) is 5.57. The van der Waals surface area contributed by atoms with E-state index in [-0.39, 0.29) is 5.91 Å². The van der Waals surface area contributed by atoms with Crippen molar-refractivity contribution in [3.8, 4) is 0 Å². The van der Waals surface area contributed by atoms with Crippen LogP contribution in [0.4, 0.5) is 5.69 Å². The van der Waals surface area contributed by atoms with Gasteiger partial charge < -0.3 is 4.90 Å². The number of carbonyl (C=O) groups is 1. The van der Waals surface area contributed by atoms with Crippen molar-refractivity contribution in [2.75, 3.05) is 4.90 Å². The van der Waals surface area contributed by atoms with Crippen LogP contribution in [0.5, 0.6) is 0 Å². The zero-order valence-corrected chi connectivity index (χ0v) is 12.0. The van der Waals surface area contributed by atoms with Gasteiger partial charge in [-0.05, 0) is 46.4 Å². The molecule has 0 unspecified atom stereocenters. The number of hydrogen-bond acceptors (Lipinski definition) is 3. The van der Waals surface area contributed by atoms with Gasteiger partial charge in [-0.3, -0.25) is 9.48 Å². The number of rotatable bonds is 2. The largest absolute Gasteiger partial charge is 0.304 e. The number of aromatic nitrogens is 3. The molecular weight excluding hydrogens is 343 g/mol. The maximum Gasteiger partial charge on any atom is 0.231 e. The average Bonchev–Trinajstić information content (AvgIpc) is 2.85. The molecule has 92 valence electrons. The Hall–Kier alpha value is -1.44. The molecule has 18 heavy (non-hydrogen) atoms. The molecule has 0 radical (unpaired) electrons. The highest BCUT2D eigenvalue weighted by Crippen LogP contribution is 2.31. The van der Waals surface area contributed by atoms with Crippen molar-refractivity contribution in [2.45, 2.75) is 13.0 Å². The molecule has 3 rings (SSSR count). The number of hydrogen-bond donors (Lipinski definition) is 0. The standard InChI is InChI=1S/C12H11IN4O/c1-16-11(14-7-15-16)6-17-10-3-2-9(13)4-8(10)5-12(17)18/h2-4,7H,5-6H2,1H3. The molecule has 5 nitrogen and oxygen atoms in total. The summed E-state index contributed by atoms with van der Waals surface area (Å²) in [6.07, 6.45) is 1.98. The lowest BCUT2D eigenvalue weighted by Crippen LogP contribution is -2.27. The summed E-state index contributed by atoms with van der Waals surface area (Å²) in [5.41, 5.74) is 2.08. The lowest BCUT2D eigenvalue weighted by atomic mass is 10.2.